The van der Waals surface area contributed by atoms with Gasteiger partial charge in [-0.1, -0.05) is 6.92 Å². The van der Waals surface area contributed by atoms with Crippen molar-refractivity contribution in [1.29, 1.82) is 0 Å². The summed E-state index contributed by atoms with van der Waals surface area (Å²) in [6.45, 7) is 5.07. The van der Waals surface area contributed by atoms with Gasteiger partial charge in [0.05, 0.1) is 0 Å². The first-order chi connectivity index (χ1) is 8.03. The topological polar surface area (TPSA) is 12.0 Å². The van der Waals surface area contributed by atoms with Crippen LogP contribution in [0.15, 0.2) is 0 Å². The summed E-state index contributed by atoms with van der Waals surface area (Å²) in [5, 5.41) is 3.40. The summed E-state index contributed by atoms with van der Waals surface area (Å²) in [5.41, 5.74) is 0. The minimum Gasteiger partial charge on any atom is -0.314 e. The van der Waals surface area contributed by atoms with Gasteiger partial charge in [0, 0.05) is 18.9 Å². The average molecular weight is 265 g/mol. The fourth-order valence-electron chi connectivity index (χ4n) is 2.32. The van der Waals surface area contributed by atoms with E-state index in [4.69, 9.17) is 0 Å². The van der Waals surface area contributed by atoms with Gasteiger partial charge in [0.2, 0.25) is 5.92 Å². The Balaban J connectivity index is 2.12. The molecule has 1 fully saturated rings. The molecule has 17 heavy (non-hydrogen) atoms. The zero-order valence-corrected chi connectivity index (χ0v) is 11.8. The molecule has 0 spiro atoms. The molecule has 1 aliphatic rings. The molecule has 0 heterocycles. The molecule has 4 heteroatoms. The molecule has 1 N–H and O–H groups in total. The monoisotopic (exact) mass is 265 g/mol. The van der Waals surface area contributed by atoms with Crippen LogP contribution in [0.25, 0.3) is 0 Å². The summed E-state index contributed by atoms with van der Waals surface area (Å²) >= 11 is 1.94. The average Bonchev–Trinajstić information content (AvgIpc) is 2.25. The number of rotatable bonds is 7. The minimum atomic E-state index is -2.41. The van der Waals surface area contributed by atoms with Crippen molar-refractivity contribution in [2.24, 2.45) is 5.92 Å². The summed E-state index contributed by atoms with van der Waals surface area (Å²) in [5.74, 6) is 0.0684. The summed E-state index contributed by atoms with van der Waals surface area (Å²) < 4.78 is 26.4. The van der Waals surface area contributed by atoms with Crippen molar-refractivity contribution in [2.45, 2.75) is 57.9 Å². The lowest BCUT2D eigenvalue weighted by molar-refractivity contribution is -0.0522. The lowest BCUT2D eigenvalue weighted by Crippen LogP contribution is -2.36. The van der Waals surface area contributed by atoms with E-state index >= 15 is 0 Å². The Labute approximate surface area is 108 Å². The smallest absolute Gasteiger partial charge is 0.248 e. The molecule has 0 aliphatic heterocycles. The predicted octanol–water partition coefficient (Wildman–Crippen LogP) is 3.93. The number of hydrogen-bond donors (Lipinski definition) is 1. The van der Waals surface area contributed by atoms with E-state index < -0.39 is 5.92 Å². The molecule has 0 aromatic rings. The second-order valence-corrected chi connectivity index (χ2v) is 6.51. The molecule has 1 nitrogen and oxygen atoms in total. The van der Waals surface area contributed by atoms with Gasteiger partial charge in [-0.15, -0.1) is 0 Å². The van der Waals surface area contributed by atoms with Gasteiger partial charge in [-0.25, -0.2) is 8.78 Å². The molecule has 0 radical (unpaired) electrons. The van der Waals surface area contributed by atoms with Crippen LogP contribution in [0.2, 0.25) is 0 Å². The second kappa shape index (κ2) is 7.57. The van der Waals surface area contributed by atoms with Crippen LogP contribution in [0.3, 0.4) is 0 Å². The Morgan fingerprint density at radius 3 is 2.88 bits per heavy atom. The Hall–Kier alpha value is 0.170. The molecule has 2 unspecified atom stereocenters. The van der Waals surface area contributed by atoms with E-state index in [2.05, 4.69) is 19.2 Å². The SMILES string of the molecule is CCSCCC(C)NCC1CCCC(F)(F)C1. The lowest BCUT2D eigenvalue weighted by Gasteiger charge is -2.29. The summed E-state index contributed by atoms with van der Waals surface area (Å²) in [7, 11) is 0. The van der Waals surface area contributed by atoms with Crippen LogP contribution in [0.4, 0.5) is 8.78 Å². The molecule has 1 rings (SSSR count). The highest BCUT2D eigenvalue weighted by molar-refractivity contribution is 7.99. The van der Waals surface area contributed by atoms with Gasteiger partial charge in [0.15, 0.2) is 0 Å². The van der Waals surface area contributed by atoms with Crippen LogP contribution in [0.1, 0.15) is 46.0 Å². The van der Waals surface area contributed by atoms with E-state index in [0.717, 1.165) is 30.9 Å². The van der Waals surface area contributed by atoms with Gasteiger partial charge in [-0.3, -0.25) is 0 Å². The van der Waals surface area contributed by atoms with Crippen molar-refractivity contribution < 1.29 is 8.78 Å². The second-order valence-electron chi connectivity index (χ2n) is 5.11. The highest BCUT2D eigenvalue weighted by atomic mass is 32.2. The Morgan fingerprint density at radius 2 is 2.24 bits per heavy atom. The maximum absolute atomic E-state index is 13.2. The van der Waals surface area contributed by atoms with E-state index in [1.54, 1.807) is 0 Å². The highest BCUT2D eigenvalue weighted by Gasteiger charge is 2.35. The van der Waals surface area contributed by atoms with Gasteiger partial charge in [-0.2, -0.15) is 11.8 Å². The van der Waals surface area contributed by atoms with E-state index in [1.165, 1.54) is 0 Å². The number of nitrogens with one attached hydrogen (secondary N) is 1. The highest BCUT2D eigenvalue weighted by Crippen LogP contribution is 2.36. The largest absolute Gasteiger partial charge is 0.314 e. The zero-order chi connectivity index (χ0) is 12.7. The molecule has 0 aromatic carbocycles. The predicted molar refractivity (Wildman–Crippen MR) is 72.0 cm³/mol. The lowest BCUT2D eigenvalue weighted by atomic mass is 9.86. The number of hydrogen-bond acceptors (Lipinski definition) is 2. The van der Waals surface area contributed by atoms with Crippen LogP contribution >= 0.6 is 11.8 Å². The molecular weight excluding hydrogens is 240 g/mol. The summed E-state index contributed by atoms with van der Waals surface area (Å²) in [6.07, 6.45) is 2.93. The molecule has 0 bridgehead atoms. The van der Waals surface area contributed by atoms with Crippen LogP contribution in [0, 0.1) is 5.92 Å². The third kappa shape index (κ3) is 6.61. The van der Waals surface area contributed by atoms with Gasteiger partial charge < -0.3 is 5.32 Å². The summed E-state index contributed by atoms with van der Waals surface area (Å²) in [6, 6.07) is 0.449. The Morgan fingerprint density at radius 1 is 1.47 bits per heavy atom. The number of thioether (sulfide) groups is 1. The maximum atomic E-state index is 13.2. The van der Waals surface area contributed by atoms with E-state index in [0.29, 0.717) is 12.5 Å². The normalized spacial score (nSPS) is 25.8. The van der Waals surface area contributed by atoms with E-state index in [1.807, 2.05) is 11.8 Å². The third-order valence-corrected chi connectivity index (χ3v) is 4.33. The molecule has 0 amide bonds. The molecule has 1 saturated carbocycles. The van der Waals surface area contributed by atoms with E-state index in [-0.39, 0.29) is 18.8 Å². The van der Waals surface area contributed by atoms with Gasteiger partial charge >= 0.3 is 0 Å². The fraction of sp³-hybridized carbons (Fsp3) is 1.00. The Kier molecular flexibility index (Phi) is 6.78. The summed E-state index contributed by atoms with van der Waals surface area (Å²) in [4.78, 5) is 0. The first-order valence-electron chi connectivity index (χ1n) is 6.72. The van der Waals surface area contributed by atoms with Gasteiger partial charge in [0.1, 0.15) is 0 Å². The molecule has 2 atom stereocenters. The first-order valence-corrected chi connectivity index (χ1v) is 7.88. The van der Waals surface area contributed by atoms with Crippen molar-refractivity contribution >= 4 is 11.8 Å². The number of halogens is 2. The Bertz CT molecular complexity index is 212. The van der Waals surface area contributed by atoms with Crippen molar-refractivity contribution in [3.8, 4) is 0 Å². The van der Waals surface area contributed by atoms with Crippen LogP contribution in [-0.2, 0) is 0 Å². The van der Waals surface area contributed by atoms with Crippen molar-refractivity contribution in [2.75, 3.05) is 18.1 Å². The van der Waals surface area contributed by atoms with E-state index in [9.17, 15) is 8.78 Å². The quantitative estimate of drug-likeness (QED) is 0.700. The van der Waals surface area contributed by atoms with Crippen molar-refractivity contribution in [3.05, 3.63) is 0 Å². The third-order valence-electron chi connectivity index (χ3n) is 3.40. The standard InChI is InChI=1S/C13H25F2NS/c1-3-17-8-6-11(2)16-10-12-5-4-7-13(14,15)9-12/h11-12,16H,3-10H2,1-2H3. The zero-order valence-electron chi connectivity index (χ0n) is 11.0. The molecule has 0 aromatic heterocycles. The van der Waals surface area contributed by atoms with Gasteiger partial charge in [0.25, 0.3) is 0 Å². The maximum Gasteiger partial charge on any atom is 0.248 e. The molecule has 1 aliphatic carbocycles. The molecule has 102 valence electrons. The fourth-order valence-corrected chi connectivity index (χ4v) is 3.13. The van der Waals surface area contributed by atoms with Gasteiger partial charge in [-0.05, 0) is 50.2 Å². The van der Waals surface area contributed by atoms with Crippen molar-refractivity contribution in [3.63, 3.8) is 0 Å². The van der Waals surface area contributed by atoms with Crippen molar-refractivity contribution in [1.82, 2.24) is 5.32 Å². The van der Waals surface area contributed by atoms with Crippen LogP contribution < -0.4 is 5.32 Å². The van der Waals surface area contributed by atoms with Crippen LogP contribution in [-0.4, -0.2) is 30.0 Å². The molecular formula is C13H25F2NS. The number of alkyl halides is 2. The van der Waals surface area contributed by atoms with Crippen LogP contribution in [0.5, 0.6) is 0 Å². The molecule has 0 saturated heterocycles. The minimum absolute atomic E-state index is 0.0798. The first kappa shape index (κ1) is 15.2.